The van der Waals surface area contributed by atoms with Crippen molar-refractivity contribution in [3.8, 4) is 5.75 Å². The summed E-state index contributed by atoms with van der Waals surface area (Å²) < 4.78 is 5.51. The Hall–Kier alpha value is -2.82. The summed E-state index contributed by atoms with van der Waals surface area (Å²) >= 11 is 0. The van der Waals surface area contributed by atoms with Crippen LogP contribution in [0, 0.1) is 20.8 Å². The Morgan fingerprint density at radius 2 is 1.52 bits per heavy atom. The minimum atomic E-state index is -0.218. The molecule has 132 valence electrons. The maximum atomic E-state index is 11.9. The molecule has 0 radical (unpaired) electrons. The highest BCUT2D eigenvalue weighted by atomic mass is 16.5. The van der Waals surface area contributed by atoms with E-state index in [4.69, 9.17) is 4.74 Å². The van der Waals surface area contributed by atoms with E-state index in [2.05, 4.69) is 10.6 Å². The van der Waals surface area contributed by atoms with Crippen LogP contribution in [0.25, 0.3) is 0 Å². The minimum Gasteiger partial charge on any atom is -0.484 e. The molecule has 2 rings (SSSR count). The zero-order valence-corrected chi connectivity index (χ0v) is 14.9. The second kappa shape index (κ2) is 8.87. The van der Waals surface area contributed by atoms with Gasteiger partial charge < -0.3 is 15.4 Å². The van der Waals surface area contributed by atoms with Crippen LogP contribution in [-0.4, -0.2) is 31.5 Å². The van der Waals surface area contributed by atoms with Crippen LogP contribution in [-0.2, 0) is 4.79 Å². The lowest BCUT2D eigenvalue weighted by atomic mass is 10.1. The number of hydrogen-bond donors (Lipinski definition) is 2. The Morgan fingerprint density at radius 3 is 2.20 bits per heavy atom. The number of benzene rings is 2. The molecule has 0 bridgehead atoms. The van der Waals surface area contributed by atoms with Crippen LogP contribution in [0.3, 0.4) is 0 Å². The third kappa shape index (κ3) is 5.95. The highest BCUT2D eigenvalue weighted by Gasteiger charge is 2.06. The predicted molar refractivity (Wildman–Crippen MR) is 97.9 cm³/mol. The van der Waals surface area contributed by atoms with Gasteiger partial charge in [0, 0.05) is 18.7 Å². The molecule has 2 N–H and O–H groups in total. The van der Waals surface area contributed by atoms with Gasteiger partial charge in [-0.1, -0.05) is 35.4 Å². The van der Waals surface area contributed by atoms with Gasteiger partial charge in [-0.05, 0) is 44.5 Å². The van der Waals surface area contributed by atoms with Crippen LogP contribution < -0.4 is 15.4 Å². The quantitative estimate of drug-likeness (QED) is 0.761. The summed E-state index contributed by atoms with van der Waals surface area (Å²) in [6.45, 7) is 6.59. The Kier molecular flexibility index (Phi) is 6.57. The monoisotopic (exact) mass is 340 g/mol. The molecular weight excluding hydrogens is 316 g/mol. The van der Waals surface area contributed by atoms with E-state index in [0.29, 0.717) is 24.4 Å². The van der Waals surface area contributed by atoms with Crippen molar-refractivity contribution < 1.29 is 14.3 Å². The fraction of sp³-hybridized carbons (Fsp3) is 0.300. The van der Waals surface area contributed by atoms with Crippen LogP contribution in [0.1, 0.15) is 27.0 Å². The van der Waals surface area contributed by atoms with Crippen molar-refractivity contribution in [3.63, 3.8) is 0 Å². The van der Waals surface area contributed by atoms with Gasteiger partial charge >= 0.3 is 0 Å². The summed E-state index contributed by atoms with van der Waals surface area (Å²) in [7, 11) is 0. The van der Waals surface area contributed by atoms with Gasteiger partial charge in [-0.25, -0.2) is 0 Å². The SMILES string of the molecule is Cc1ccc(C(=O)NCCNC(=O)COc2ccc(C)cc2C)cc1. The van der Waals surface area contributed by atoms with Crippen molar-refractivity contribution in [1.29, 1.82) is 0 Å². The molecule has 2 amide bonds. The number of rotatable bonds is 7. The van der Waals surface area contributed by atoms with Gasteiger partial charge in [-0.15, -0.1) is 0 Å². The van der Waals surface area contributed by atoms with Gasteiger partial charge in [0.1, 0.15) is 5.75 Å². The maximum Gasteiger partial charge on any atom is 0.258 e. The van der Waals surface area contributed by atoms with E-state index in [1.165, 1.54) is 0 Å². The van der Waals surface area contributed by atoms with Crippen molar-refractivity contribution >= 4 is 11.8 Å². The minimum absolute atomic E-state index is 0.0458. The first-order valence-electron chi connectivity index (χ1n) is 8.27. The van der Waals surface area contributed by atoms with Crippen LogP contribution in [0.4, 0.5) is 0 Å². The Morgan fingerprint density at radius 1 is 0.880 bits per heavy atom. The van der Waals surface area contributed by atoms with Gasteiger partial charge in [0.15, 0.2) is 6.61 Å². The average Bonchev–Trinajstić information content (AvgIpc) is 2.58. The van der Waals surface area contributed by atoms with E-state index in [-0.39, 0.29) is 18.4 Å². The highest BCUT2D eigenvalue weighted by molar-refractivity contribution is 5.94. The molecule has 2 aromatic carbocycles. The molecule has 5 nitrogen and oxygen atoms in total. The molecule has 0 saturated carbocycles. The van der Waals surface area contributed by atoms with Crippen LogP contribution >= 0.6 is 0 Å². The van der Waals surface area contributed by atoms with Crippen LogP contribution in [0.5, 0.6) is 5.75 Å². The molecule has 0 unspecified atom stereocenters. The first-order chi connectivity index (χ1) is 12.0. The summed E-state index contributed by atoms with van der Waals surface area (Å²) in [5.74, 6) is 0.332. The first kappa shape index (κ1) is 18.5. The zero-order valence-electron chi connectivity index (χ0n) is 14.9. The molecule has 0 aliphatic heterocycles. The highest BCUT2D eigenvalue weighted by Crippen LogP contribution is 2.18. The molecular formula is C20H24N2O3. The van der Waals surface area contributed by atoms with Gasteiger partial charge in [0.05, 0.1) is 0 Å². The van der Waals surface area contributed by atoms with Crippen molar-refractivity contribution in [2.75, 3.05) is 19.7 Å². The summed E-state index contributed by atoms with van der Waals surface area (Å²) in [6.07, 6.45) is 0. The standard InChI is InChI=1S/C20H24N2O3/c1-14-4-7-17(8-5-14)20(24)22-11-10-21-19(23)13-25-18-9-6-15(2)12-16(18)3/h4-9,12H,10-11,13H2,1-3H3,(H,21,23)(H,22,24). The topological polar surface area (TPSA) is 67.4 Å². The lowest BCUT2D eigenvalue weighted by Crippen LogP contribution is -2.36. The molecule has 0 aromatic heterocycles. The van der Waals surface area contributed by atoms with Crippen molar-refractivity contribution in [2.24, 2.45) is 0 Å². The first-order valence-corrected chi connectivity index (χ1v) is 8.27. The Balaban J connectivity index is 1.66. The Bertz CT molecular complexity index is 739. The number of amides is 2. The molecule has 0 aliphatic rings. The number of nitrogens with one attached hydrogen (secondary N) is 2. The van der Waals surface area contributed by atoms with Crippen molar-refractivity contribution in [2.45, 2.75) is 20.8 Å². The van der Waals surface area contributed by atoms with E-state index in [1.54, 1.807) is 12.1 Å². The van der Waals surface area contributed by atoms with E-state index < -0.39 is 0 Å². The van der Waals surface area contributed by atoms with Gasteiger partial charge in [0.25, 0.3) is 11.8 Å². The Labute approximate surface area is 148 Å². The number of ether oxygens (including phenoxy) is 1. The predicted octanol–water partition coefficient (Wildman–Crippen LogP) is 2.54. The molecule has 2 aromatic rings. The molecule has 0 atom stereocenters. The lowest BCUT2D eigenvalue weighted by molar-refractivity contribution is -0.123. The normalized spacial score (nSPS) is 10.2. The summed E-state index contributed by atoms with van der Waals surface area (Å²) in [5.41, 5.74) is 3.86. The molecule has 5 heteroatoms. The van der Waals surface area contributed by atoms with E-state index in [0.717, 1.165) is 16.7 Å². The number of carbonyl (C=O) groups excluding carboxylic acids is 2. The van der Waals surface area contributed by atoms with Gasteiger partial charge in [-0.3, -0.25) is 9.59 Å². The zero-order chi connectivity index (χ0) is 18.2. The van der Waals surface area contributed by atoms with Crippen LogP contribution in [0.15, 0.2) is 42.5 Å². The fourth-order valence-corrected chi connectivity index (χ4v) is 2.34. The van der Waals surface area contributed by atoms with Crippen molar-refractivity contribution in [1.82, 2.24) is 10.6 Å². The van der Waals surface area contributed by atoms with E-state index in [9.17, 15) is 9.59 Å². The summed E-state index contributed by atoms with van der Waals surface area (Å²) in [5, 5.41) is 5.49. The molecule has 0 heterocycles. The summed E-state index contributed by atoms with van der Waals surface area (Å²) in [4.78, 5) is 23.7. The van der Waals surface area contributed by atoms with Gasteiger partial charge in [-0.2, -0.15) is 0 Å². The number of hydrogen-bond acceptors (Lipinski definition) is 3. The third-order valence-corrected chi connectivity index (χ3v) is 3.74. The fourth-order valence-electron chi connectivity index (χ4n) is 2.34. The third-order valence-electron chi connectivity index (χ3n) is 3.74. The average molecular weight is 340 g/mol. The van der Waals surface area contributed by atoms with E-state index in [1.807, 2.05) is 51.1 Å². The second-order valence-corrected chi connectivity index (χ2v) is 6.03. The number of aryl methyl sites for hydroxylation is 3. The van der Waals surface area contributed by atoms with Crippen molar-refractivity contribution in [3.05, 3.63) is 64.7 Å². The second-order valence-electron chi connectivity index (χ2n) is 6.03. The number of carbonyl (C=O) groups is 2. The maximum absolute atomic E-state index is 11.9. The molecule has 25 heavy (non-hydrogen) atoms. The largest absolute Gasteiger partial charge is 0.484 e. The summed E-state index contributed by atoms with van der Waals surface area (Å²) in [6, 6.07) is 13.2. The van der Waals surface area contributed by atoms with E-state index >= 15 is 0 Å². The smallest absolute Gasteiger partial charge is 0.258 e. The van der Waals surface area contributed by atoms with Crippen LogP contribution in [0.2, 0.25) is 0 Å². The molecule has 0 spiro atoms. The lowest BCUT2D eigenvalue weighted by Gasteiger charge is -2.10. The molecule has 0 fully saturated rings. The molecule has 0 aliphatic carbocycles. The van der Waals surface area contributed by atoms with Gasteiger partial charge in [0.2, 0.25) is 0 Å². The molecule has 0 saturated heterocycles.